The van der Waals surface area contributed by atoms with Gasteiger partial charge in [-0.1, -0.05) is 0 Å². The number of aryl methyl sites for hydroxylation is 1. The summed E-state index contributed by atoms with van der Waals surface area (Å²) in [5, 5.41) is 8.23. The van der Waals surface area contributed by atoms with Crippen molar-refractivity contribution >= 4 is 34.2 Å². The fourth-order valence-corrected chi connectivity index (χ4v) is 5.35. The Hall–Kier alpha value is -3.46. The zero-order valence-electron chi connectivity index (χ0n) is 20.2. The number of carbonyl (C=O) groups is 2. The average molecular weight is 492 g/mol. The number of rotatable bonds is 6. The van der Waals surface area contributed by atoms with Crippen molar-refractivity contribution in [2.45, 2.75) is 46.2 Å². The van der Waals surface area contributed by atoms with Crippen LogP contribution in [0, 0.1) is 12.8 Å². The molecule has 5 heterocycles. The topological polar surface area (TPSA) is 93.3 Å². The van der Waals surface area contributed by atoms with Crippen LogP contribution in [0.25, 0.3) is 21.6 Å². The molecule has 0 saturated carbocycles. The van der Waals surface area contributed by atoms with Crippen LogP contribution < -0.4 is 5.32 Å². The highest BCUT2D eigenvalue weighted by Gasteiger charge is 2.29. The largest absolute Gasteiger partial charge is 0.467 e. The first-order chi connectivity index (χ1) is 16.9. The Bertz CT molecular complexity index is 1350. The Morgan fingerprint density at radius 2 is 2.03 bits per heavy atom. The van der Waals surface area contributed by atoms with Crippen LogP contribution in [-0.2, 0) is 11.3 Å². The lowest BCUT2D eigenvalue weighted by molar-refractivity contribution is -0.126. The summed E-state index contributed by atoms with van der Waals surface area (Å²) in [4.78, 5) is 35.3. The number of hydrogen-bond donors (Lipinski definition) is 1. The van der Waals surface area contributed by atoms with Crippen LogP contribution in [0.5, 0.6) is 0 Å². The first kappa shape index (κ1) is 23.3. The van der Waals surface area contributed by atoms with E-state index in [4.69, 9.17) is 9.40 Å². The molecular formula is C26H29N5O3S. The van der Waals surface area contributed by atoms with Crippen LogP contribution in [0.3, 0.4) is 0 Å². The molecule has 0 radical (unpaired) electrons. The molecule has 0 bridgehead atoms. The van der Waals surface area contributed by atoms with Gasteiger partial charge in [-0.05, 0) is 63.9 Å². The van der Waals surface area contributed by atoms with Gasteiger partial charge < -0.3 is 14.6 Å². The van der Waals surface area contributed by atoms with E-state index in [1.54, 1.807) is 29.9 Å². The summed E-state index contributed by atoms with van der Waals surface area (Å²) >= 11 is 1.66. The van der Waals surface area contributed by atoms with Crippen molar-refractivity contribution in [1.82, 2.24) is 25.0 Å². The molecule has 4 aromatic rings. The second kappa shape index (κ2) is 9.65. The highest BCUT2D eigenvalue weighted by molar-refractivity contribution is 7.15. The predicted molar refractivity (Wildman–Crippen MR) is 135 cm³/mol. The van der Waals surface area contributed by atoms with Gasteiger partial charge in [-0.2, -0.15) is 5.10 Å². The van der Waals surface area contributed by atoms with Gasteiger partial charge in [0.2, 0.25) is 5.91 Å². The fourth-order valence-electron chi connectivity index (χ4n) is 4.52. The van der Waals surface area contributed by atoms with Crippen LogP contribution in [0.1, 0.15) is 53.7 Å². The van der Waals surface area contributed by atoms with E-state index in [-0.39, 0.29) is 23.8 Å². The number of thiophene rings is 1. The number of pyridine rings is 1. The van der Waals surface area contributed by atoms with Gasteiger partial charge in [0.05, 0.1) is 40.5 Å². The number of hydrogen-bond acceptors (Lipinski definition) is 6. The Labute approximate surface area is 207 Å². The van der Waals surface area contributed by atoms with Gasteiger partial charge in [-0.3, -0.25) is 9.59 Å². The highest BCUT2D eigenvalue weighted by atomic mass is 32.1. The van der Waals surface area contributed by atoms with Crippen LogP contribution in [0.4, 0.5) is 0 Å². The minimum absolute atomic E-state index is 0.00774. The molecular weight excluding hydrogens is 462 g/mol. The van der Waals surface area contributed by atoms with Crippen LogP contribution in [0.15, 0.2) is 47.2 Å². The van der Waals surface area contributed by atoms with Crippen molar-refractivity contribution in [3.63, 3.8) is 0 Å². The minimum atomic E-state index is -0.111. The number of furan rings is 1. The molecule has 0 unspecified atom stereocenters. The number of amides is 2. The second-order valence-corrected chi connectivity index (χ2v) is 10.5. The average Bonchev–Trinajstić information content (AvgIpc) is 3.62. The predicted octanol–water partition coefficient (Wildman–Crippen LogP) is 4.81. The van der Waals surface area contributed by atoms with Gasteiger partial charge in [0, 0.05) is 29.9 Å². The van der Waals surface area contributed by atoms with E-state index in [1.807, 2.05) is 27.8 Å². The molecule has 0 aromatic carbocycles. The van der Waals surface area contributed by atoms with Crippen molar-refractivity contribution in [2.75, 3.05) is 13.1 Å². The van der Waals surface area contributed by atoms with Crippen molar-refractivity contribution in [2.24, 2.45) is 5.92 Å². The molecule has 0 atom stereocenters. The summed E-state index contributed by atoms with van der Waals surface area (Å²) in [6.45, 7) is 7.62. The summed E-state index contributed by atoms with van der Waals surface area (Å²) in [6, 6.07) is 9.77. The van der Waals surface area contributed by atoms with Crippen LogP contribution in [0.2, 0.25) is 0 Å². The molecule has 1 saturated heterocycles. The van der Waals surface area contributed by atoms with E-state index in [1.165, 1.54) is 4.88 Å². The Morgan fingerprint density at radius 1 is 1.23 bits per heavy atom. The molecule has 9 heteroatoms. The molecule has 1 N–H and O–H groups in total. The maximum Gasteiger partial charge on any atom is 0.254 e. The van der Waals surface area contributed by atoms with E-state index in [9.17, 15) is 9.59 Å². The molecule has 2 amide bonds. The minimum Gasteiger partial charge on any atom is -0.467 e. The van der Waals surface area contributed by atoms with E-state index in [0.717, 1.165) is 27.4 Å². The number of piperidine rings is 1. The normalized spacial score (nSPS) is 14.7. The molecule has 1 aliphatic heterocycles. The summed E-state index contributed by atoms with van der Waals surface area (Å²) in [6.07, 6.45) is 4.60. The van der Waals surface area contributed by atoms with Crippen molar-refractivity contribution in [3.8, 4) is 10.6 Å². The molecule has 5 rings (SSSR count). The summed E-state index contributed by atoms with van der Waals surface area (Å²) in [5.41, 5.74) is 2.12. The number of fused-ring (bicyclic) bond motifs is 1. The zero-order valence-corrected chi connectivity index (χ0v) is 21.0. The fraction of sp³-hybridized carbons (Fsp3) is 0.385. The van der Waals surface area contributed by atoms with E-state index >= 15 is 0 Å². The Morgan fingerprint density at radius 3 is 2.69 bits per heavy atom. The monoisotopic (exact) mass is 491 g/mol. The first-order valence-corrected chi connectivity index (χ1v) is 12.8. The van der Waals surface area contributed by atoms with E-state index < -0.39 is 0 Å². The van der Waals surface area contributed by atoms with Gasteiger partial charge in [-0.25, -0.2) is 9.67 Å². The second-order valence-electron chi connectivity index (χ2n) is 9.25. The van der Waals surface area contributed by atoms with Crippen molar-refractivity contribution < 1.29 is 14.0 Å². The quantitative estimate of drug-likeness (QED) is 0.418. The number of likely N-dealkylation sites (tertiary alicyclic amines) is 1. The van der Waals surface area contributed by atoms with Gasteiger partial charge in [0.15, 0.2) is 5.65 Å². The molecule has 35 heavy (non-hydrogen) atoms. The van der Waals surface area contributed by atoms with Crippen LogP contribution >= 0.6 is 11.3 Å². The van der Waals surface area contributed by atoms with Crippen LogP contribution in [-0.4, -0.2) is 44.6 Å². The van der Waals surface area contributed by atoms with Crippen molar-refractivity contribution in [3.05, 3.63) is 59.0 Å². The maximum absolute atomic E-state index is 13.7. The maximum atomic E-state index is 13.7. The molecule has 182 valence electrons. The van der Waals surface area contributed by atoms with Gasteiger partial charge in [-0.15, -0.1) is 11.3 Å². The molecule has 4 aromatic heterocycles. The smallest absolute Gasteiger partial charge is 0.254 e. The number of carbonyl (C=O) groups excluding carboxylic acids is 2. The summed E-state index contributed by atoms with van der Waals surface area (Å²) < 4.78 is 7.15. The van der Waals surface area contributed by atoms with Gasteiger partial charge in [0.25, 0.3) is 5.91 Å². The zero-order chi connectivity index (χ0) is 24.5. The first-order valence-electron chi connectivity index (χ1n) is 11.9. The molecule has 0 spiro atoms. The molecule has 8 nitrogen and oxygen atoms in total. The molecule has 1 aliphatic rings. The summed E-state index contributed by atoms with van der Waals surface area (Å²) in [5.74, 6) is 0.587. The lowest BCUT2D eigenvalue weighted by atomic mass is 9.95. The van der Waals surface area contributed by atoms with Gasteiger partial charge >= 0.3 is 0 Å². The Balaban J connectivity index is 1.35. The number of nitrogens with zero attached hydrogens (tertiary/aromatic N) is 4. The Kier molecular flexibility index (Phi) is 6.42. The third-order valence-corrected chi connectivity index (χ3v) is 7.47. The van der Waals surface area contributed by atoms with E-state index in [0.29, 0.717) is 38.0 Å². The molecule has 1 fully saturated rings. The van der Waals surface area contributed by atoms with Gasteiger partial charge in [0.1, 0.15) is 5.76 Å². The lowest BCUT2D eigenvalue weighted by Crippen LogP contribution is -2.43. The number of aromatic nitrogens is 3. The van der Waals surface area contributed by atoms with Crippen molar-refractivity contribution in [1.29, 1.82) is 0 Å². The molecule has 0 aliphatic carbocycles. The standard InChI is InChI=1S/C26H29N5O3S/c1-16(2)31-24-21(15-28-31)20(13-22(29-24)23-7-6-17(3)35-23)26(33)30-10-8-18(9-11-30)25(32)27-14-19-5-4-12-34-19/h4-7,12-13,15-16,18H,8-11,14H2,1-3H3,(H,27,32). The summed E-state index contributed by atoms with van der Waals surface area (Å²) in [7, 11) is 0. The lowest BCUT2D eigenvalue weighted by Gasteiger charge is -2.31. The van der Waals surface area contributed by atoms with E-state index in [2.05, 4.69) is 37.3 Å². The number of nitrogens with one attached hydrogen (secondary N) is 1. The third kappa shape index (κ3) is 4.73. The SMILES string of the molecule is Cc1ccc(-c2cc(C(=O)N3CCC(C(=O)NCc4ccco4)CC3)c3cnn(C(C)C)c3n2)s1. The third-order valence-electron chi connectivity index (χ3n) is 6.45. The highest BCUT2D eigenvalue weighted by Crippen LogP contribution is 2.32.